The van der Waals surface area contributed by atoms with Crippen molar-refractivity contribution >= 4 is 16.9 Å². The Morgan fingerprint density at radius 1 is 1.38 bits per heavy atom. The third-order valence-electron chi connectivity index (χ3n) is 3.11. The van der Waals surface area contributed by atoms with E-state index >= 15 is 0 Å². The molecule has 0 aliphatic heterocycles. The Balaban J connectivity index is 2.25. The van der Waals surface area contributed by atoms with E-state index in [1.807, 2.05) is 41.8 Å². The standard InChI is InChI=1S/C14H14N6O/c1-9-6-14(18-16-8-9)20-11-5-3-2-4-10(11)17-13(20)7-12(15)19-21/h2-6,8,21H,7H2,1H3,(H2,15,19). The number of hydrogen-bond acceptors (Lipinski definition) is 5. The van der Waals surface area contributed by atoms with Gasteiger partial charge in [0, 0.05) is 0 Å². The highest BCUT2D eigenvalue weighted by molar-refractivity contribution is 5.84. The summed E-state index contributed by atoms with van der Waals surface area (Å²) in [5.74, 6) is 1.39. The summed E-state index contributed by atoms with van der Waals surface area (Å²) in [7, 11) is 0. The van der Waals surface area contributed by atoms with Crippen molar-refractivity contribution in [2.24, 2.45) is 10.9 Å². The molecule has 0 unspecified atom stereocenters. The molecule has 0 radical (unpaired) electrons. The third-order valence-corrected chi connectivity index (χ3v) is 3.11. The van der Waals surface area contributed by atoms with E-state index in [2.05, 4.69) is 20.3 Å². The van der Waals surface area contributed by atoms with E-state index in [9.17, 15) is 0 Å². The summed E-state index contributed by atoms with van der Waals surface area (Å²) in [4.78, 5) is 4.53. The molecule has 0 amide bonds. The van der Waals surface area contributed by atoms with Crippen LogP contribution in [0.15, 0.2) is 41.7 Å². The fourth-order valence-corrected chi connectivity index (χ4v) is 2.21. The van der Waals surface area contributed by atoms with Gasteiger partial charge in [0.1, 0.15) is 11.7 Å². The van der Waals surface area contributed by atoms with Crippen LogP contribution >= 0.6 is 0 Å². The Kier molecular flexibility index (Phi) is 3.23. The number of fused-ring (bicyclic) bond motifs is 1. The molecule has 2 heterocycles. The summed E-state index contributed by atoms with van der Waals surface area (Å²) >= 11 is 0. The number of nitrogens with two attached hydrogens (primary N) is 1. The lowest BCUT2D eigenvalue weighted by Crippen LogP contribution is -2.18. The van der Waals surface area contributed by atoms with E-state index in [1.54, 1.807) is 6.20 Å². The van der Waals surface area contributed by atoms with Crippen LogP contribution in [0.1, 0.15) is 11.4 Å². The van der Waals surface area contributed by atoms with Crippen LogP contribution in [0, 0.1) is 6.92 Å². The Bertz CT molecular complexity index is 823. The van der Waals surface area contributed by atoms with Gasteiger partial charge in [-0.05, 0) is 30.7 Å². The van der Waals surface area contributed by atoms with Gasteiger partial charge >= 0.3 is 0 Å². The number of rotatable bonds is 3. The number of nitrogens with zero attached hydrogens (tertiary/aromatic N) is 5. The first-order valence-electron chi connectivity index (χ1n) is 6.41. The Morgan fingerprint density at radius 2 is 2.19 bits per heavy atom. The van der Waals surface area contributed by atoms with E-state index in [-0.39, 0.29) is 12.3 Å². The minimum Gasteiger partial charge on any atom is -0.409 e. The first-order chi connectivity index (χ1) is 10.2. The normalized spacial score (nSPS) is 12.0. The number of imidazole rings is 1. The molecular formula is C14H14N6O. The van der Waals surface area contributed by atoms with E-state index in [4.69, 9.17) is 10.9 Å². The molecule has 3 rings (SSSR count). The zero-order valence-corrected chi connectivity index (χ0v) is 11.4. The predicted octanol–water partition coefficient (Wildman–Crippen LogP) is 1.41. The number of oxime groups is 1. The molecule has 0 fully saturated rings. The molecule has 7 nitrogen and oxygen atoms in total. The topological polar surface area (TPSA) is 102 Å². The van der Waals surface area contributed by atoms with Crippen LogP contribution in [-0.2, 0) is 6.42 Å². The Morgan fingerprint density at radius 3 is 2.95 bits per heavy atom. The van der Waals surface area contributed by atoms with Crippen molar-refractivity contribution in [2.45, 2.75) is 13.3 Å². The van der Waals surface area contributed by atoms with Crippen LogP contribution in [-0.4, -0.2) is 30.8 Å². The number of hydrogen-bond donors (Lipinski definition) is 2. The third kappa shape index (κ3) is 2.40. The largest absolute Gasteiger partial charge is 0.409 e. The van der Waals surface area contributed by atoms with Crippen molar-refractivity contribution in [3.8, 4) is 5.82 Å². The fourth-order valence-electron chi connectivity index (χ4n) is 2.21. The summed E-state index contributed by atoms with van der Waals surface area (Å²) in [5, 5.41) is 19.9. The van der Waals surface area contributed by atoms with Gasteiger partial charge in [0.25, 0.3) is 0 Å². The van der Waals surface area contributed by atoms with Gasteiger partial charge in [0.05, 0.1) is 23.7 Å². The maximum absolute atomic E-state index is 8.77. The number of aromatic nitrogens is 4. The van der Waals surface area contributed by atoms with E-state index < -0.39 is 0 Å². The monoisotopic (exact) mass is 282 g/mol. The highest BCUT2D eigenvalue weighted by Gasteiger charge is 2.14. The zero-order chi connectivity index (χ0) is 14.8. The van der Waals surface area contributed by atoms with Crippen LogP contribution < -0.4 is 5.73 Å². The number of amidine groups is 1. The first-order valence-corrected chi connectivity index (χ1v) is 6.41. The van der Waals surface area contributed by atoms with Gasteiger partial charge in [0.15, 0.2) is 5.82 Å². The molecule has 0 aliphatic carbocycles. The second-order valence-electron chi connectivity index (χ2n) is 4.71. The average molecular weight is 282 g/mol. The molecule has 3 N–H and O–H groups in total. The molecule has 0 aliphatic rings. The molecular weight excluding hydrogens is 268 g/mol. The van der Waals surface area contributed by atoms with Crippen molar-refractivity contribution < 1.29 is 5.21 Å². The molecule has 0 bridgehead atoms. The second kappa shape index (κ2) is 5.20. The van der Waals surface area contributed by atoms with E-state index in [0.29, 0.717) is 11.6 Å². The van der Waals surface area contributed by atoms with Crippen molar-refractivity contribution in [2.75, 3.05) is 0 Å². The molecule has 3 aromatic rings. The van der Waals surface area contributed by atoms with Crippen LogP contribution in [0.5, 0.6) is 0 Å². The fraction of sp³-hybridized carbons (Fsp3) is 0.143. The van der Waals surface area contributed by atoms with Crippen molar-refractivity contribution in [3.63, 3.8) is 0 Å². The Hall–Kier alpha value is -2.96. The maximum Gasteiger partial charge on any atom is 0.161 e. The summed E-state index contributed by atoms with van der Waals surface area (Å²) in [5.41, 5.74) is 8.33. The van der Waals surface area contributed by atoms with Crippen molar-refractivity contribution in [1.82, 2.24) is 19.7 Å². The lowest BCUT2D eigenvalue weighted by molar-refractivity contribution is 0.317. The number of benzene rings is 1. The minimum atomic E-state index is 0.0900. The van der Waals surface area contributed by atoms with Gasteiger partial charge in [-0.15, -0.1) is 5.10 Å². The van der Waals surface area contributed by atoms with Gasteiger partial charge in [-0.1, -0.05) is 17.3 Å². The number of para-hydroxylation sites is 2. The Labute approximate surface area is 120 Å². The van der Waals surface area contributed by atoms with Crippen LogP contribution in [0.3, 0.4) is 0 Å². The smallest absolute Gasteiger partial charge is 0.161 e. The zero-order valence-electron chi connectivity index (χ0n) is 11.4. The highest BCUT2D eigenvalue weighted by atomic mass is 16.4. The van der Waals surface area contributed by atoms with Crippen LogP contribution in [0.2, 0.25) is 0 Å². The molecule has 21 heavy (non-hydrogen) atoms. The van der Waals surface area contributed by atoms with E-state index in [0.717, 1.165) is 16.6 Å². The van der Waals surface area contributed by atoms with Gasteiger partial charge in [-0.25, -0.2) is 4.98 Å². The summed E-state index contributed by atoms with van der Waals surface area (Å²) in [6, 6.07) is 9.61. The molecule has 0 saturated carbocycles. The van der Waals surface area contributed by atoms with Gasteiger partial charge < -0.3 is 10.9 Å². The lowest BCUT2D eigenvalue weighted by atomic mass is 10.3. The van der Waals surface area contributed by atoms with Gasteiger partial charge in [0.2, 0.25) is 0 Å². The molecule has 2 aromatic heterocycles. The molecule has 0 saturated heterocycles. The summed E-state index contributed by atoms with van der Waals surface area (Å²) < 4.78 is 1.87. The van der Waals surface area contributed by atoms with Crippen LogP contribution in [0.25, 0.3) is 16.9 Å². The quantitative estimate of drug-likeness (QED) is 0.327. The molecule has 7 heteroatoms. The molecule has 0 atom stereocenters. The summed E-state index contributed by atoms with van der Waals surface area (Å²) in [6.07, 6.45) is 1.91. The van der Waals surface area contributed by atoms with Gasteiger partial charge in [-0.3, -0.25) is 4.57 Å². The van der Waals surface area contributed by atoms with Crippen LogP contribution in [0.4, 0.5) is 0 Å². The van der Waals surface area contributed by atoms with Gasteiger partial charge in [-0.2, -0.15) is 5.10 Å². The highest BCUT2D eigenvalue weighted by Crippen LogP contribution is 2.20. The van der Waals surface area contributed by atoms with Crippen molar-refractivity contribution in [3.05, 3.63) is 47.9 Å². The summed E-state index contributed by atoms with van der Waals surface area (Å²) in [6.45, 7) is 1.94. The second-order valence-corrected chi connectivity index (χ2v) is 4.71. The molecule has 1 aromatic carbocycles. The minimum absolute atomic E-state index is 0.0900. The number of aryl methyl sites for hydroxylation is 1. The first kappa shape index (κ1) is 13.0. The molecule has 0 spiro atoms. The maximum atomic E-state index is 8.77. The molecule has 106 valence electrons. The SMILES string of the molecule is Cc1cnnc(-n2c(C/C(N)=N/O)nc3ccccc32)c1. The average Bonchev–Trinajstić information content (AvgIpc) is 2.84. The van der Waals surface area contributed by atoms with E-state index in [1.165, 1.54) is 0 Å². The predicted molar refractivity (Wildman–Crippen MR) is 78.5 cm³/mol. The van der Waals surface area contributed by atoms with Crippen molar-refractivity contribution in [1.29, 1.82) is 0 Å². The lowest BCUT2D eigenvalue weighted by Gasteiger charge is -2.07.